The summed E-state index contributed by atoms with van der Waals surface area (Å²) in [4.78, 5) is 11.7. The fourth-order valence-corrected chi connectivity index (χ4v) is 1.68. The molecule has 5 nitrogen and oxygen atoms in total. The van der Waals surface area contributed by atoms with E-state index >= 15 is 0 Å². The minimum absolute atomic E-state index is 0.0952. The topological polar surface area (TPSA) is 72.5 Å². The zero-order valence-electron chi connectivity index (χ0n) is 9.93. The van der Waals surface area contributed by atoms with Gasteiger partial charge in [-0.05, 0) is 26.0 Å². The highest BCUT2D eigenvalue weighted by Crippen LogP contribution is 2.19. The van der Waals surface area contributed by atoms with Crippen LogP contribution in [0.5, 0.6) is 5.75 Å². The average molecular weight is 257 g/mol. The van der Waals surface area contributed by atoms with Crippen molar-refractivity contribution in [3.63, 3.8) is 0 Å². The first-order valence-electron chi connectivity index (χ1n) is 5.07. The molecule has 1 amide bonds. The van der Waals surface area contributed by atoms with Crippen molar-refractivity contribution in [3.05, 3.63) is 29.8 Å². The number of sulfonamides is 1. The summed E-state index contributed by atoms with van der Waals surface area (Å²) in [6.07, 6.45) is 0.832. The number of amides is 1. The molecule has 0 fully saturated rings. The molecule has 1 rings (SSSR count). The molecule has 0 spiro atoms. The van der Waals surface area contributed by atoms with Gasteiger partial charge in [0.2, 0.25) is 10.0 Å². The van der Waals surface area contributed by atoms with Crippen LogP contribution in [-0.4, -0.2) is 26.7 Å². The van der Waals surface area contributed by atoms with E-state index in [-0.39, 0.29) is 11.7 Å². The van der Waals surface area contributed by atoms with Crippen LogP contribution in [0.4, 0.5) is 0 Å². The summed E-state index contributed by atoms with van der Waals surface area (Å²) in [6.45, 7) is 3.65. The van der Waals surface area contributed by atoms with E-state index in [1.165, 1.54) is 6.07 Å². The highest BCUT2D eigenvalue weighted by atomic mass is 32.2. The standard InChI is InChI=1S/C11H15NO4S/c1-8(2)16-10-7-5-4-6-9(10)11(13)12-17(3,14)15/h4-8H,1-3H3,(H,12,13). The second kappa shape index (κ2) is 5.18. The number of carbonyl (C=O) groups excluding carboxylic acids is 1. The number of rotatable bonds is 4. The molecule has 0 aliphatic heterocycles. The van der Waals surface area contributed by atoms with Crippen molar-refractivity contribution in [2.45, 2.75) is 20.0 Å². The highest BCUT2D eigenvalue weighted by Gasteiger charge is 2.16. The first-order chi connectivity index (χ1) is 7.79. The van der Waals surface area contributed by atoms with E-state index in [1.54, 1.807) is 18.2 Å². The molecule has 0 aromatic heterocycles. The summed E-state index contributed by atoms with van der Waals surface area (Å²) in [6, 6.07) is 6.49. The first-order valence-corrected chi connectivity index (χ1v) is 6.96. The Morgan fingerprint density at radius 1 is 1.29 bits per heavy atom. The van der Waals surface area contributed by atoms with Crippen LogP contribution < -0.4 is 9.46 Å². The third kappa shape index (κ3) is 4.44. The molecule has 1 N–H and O–H groups in total. The lowest BCUT2D eigenvalue weighted by atomic mass is 10.2. The molecular formula is C11H15NO4S. The molecule has 0 bridgehead atoms. The van der Waals surface area contributed by atoms with Crippen LogP contribution >= 0.6 is 0 Å². The molecule has 0 unspecified atom stereocenters. The number of benzene rings is 1. The average Bonchev–Trinajstić information content (AvgIpc) is 2.14. The lowest BCUT2D eigenvalue weighted by molar-refractivity contribution is 0.0976. The van der Waals surface area contributed by atoms with Crippen molar-refractivity contribution >= 4 is 15.9 Å². The molecule has 94 valence electrons. The van der Waals surface area contributed by atoms with Gasteiger partial charge in [-0.2, -0.15) is 0 Å². The number of ether oxygens (including phenoxy) is 1. The van der Waals surface area contributed by atoms with Gasteiger partial charge in [0, 0.05) is 0 Å². The van der Waals surface area contributed by atoms with Crippen molar-refractivity contribution in [1.29, 1.82) is 0 Å². The maximum absolute atomic E-state index is 11.7. The number of hydrogen-bond acceptors (Lipinski definition) is 4. The predicted octanol–water partition coefficient (Wildman–Crippen LogP) is 1.16. The largest absolute Gasteiger partial charge is 0.490 e. The summed E-state index contributed by atoms with van der Waals surface area (Å²) >= 11 is 0. The Labute approximate surface area is 101 Å². The number of nitrogens with one attached hydrogen (secondary N) is 1. The molecule has 0 saturated heterocycles. The van der Waals surface area contributed by atoms with Crippen LogP contribution in [0.2, 0.25) is 0 Å². The van der Waals surface area contributed by atoms with E-state index < -0.39 is 15.9 Å². The van der Waals surface area contributed by atoms with Gasteiger partial charge in [-0.15, -0.1) is 0 Å². The lowest BCUT2D eigenvalue weighted by Gasteiger charge is -2.13. The van der Waals surface area contributed by atoms with E-state index in [0.29, 0.717) is 5.75 Å². The van der Waals surface area contributed by atoms with Gasteiger partial charge < -0.3 is 4.74 Å². The Morgan fingerprint density at radius 3 is 2.41 bits per heavy atom. The molecule has 0 aliphatic carbocycles. The lowest BCUT2D eigenvalue weighted by Crippen LogP contribution is -2.29. The summed E-state index contributed by atoms with van der Waals surface area (Å²) < 4.78 is 29.3. The maximum atomic E-state index is 11.7. The molecule has 17 heavy (non-hydrogen) atoms. The van der Waals surface area contributed by atoms with Crippen molar-refractivity contribution in [2.75, 3.05) is 6.26 Å². The molecule has 1 aromatic rings. The highest BCUT2D eigenvalue weighted by molar-refractivity contribution is 7.89. The maximum Gasteiger partial charge on any atom is 0.268 e. The smallest absolute Gasteiger partial charge is 0.268 e. The van der Waals surface area contributed by atoms with Crippen LogP contribution in [0.1, 0.15) is 24.2 Å². The Kier molecular flexibility index (Phi) is 4.11. The zero-order valence-corrected chi connectivity index (χ0v) is 10.7. The number of carbonyl (C=O) groups is 1. The van der Waals surface area contributed by atoms with Gasteiger partial charge in [0.15, 0.2) is 0 Å². The van der Waals surface area contributed by atoms with Gasteiger partial charge in [-0.25, -0.2) is 13.1 Å². The minimum Gasteiger partial charge on any atom is -0.490 e. The minimum atomic E-state index is -3.57. The fraction of sp³-hybridized carbons (Fsp3) is 0.364. The molecule has 0 saturated carbocycles. The van der Waals surface area contributed by atoms with Crippen LogP contribution in [-0.2, 0) is 10.0 Å². The molecule has 0 radical (unpaired) electrons. The SMILES string of the molecule is CC(C)Oc1ccccc1C(=O)NS(C)(=O)=O. The van der Waals surface area contributed by atoms with Crippen LogP contribution in [0.25, 0.3) is 0 Å². The summed E-state index contributed by atoms with van der Waals surface area (Å²) in [7, 11) is -3.57. The summed E-state index contributed by atoms with van der Waals surface area (Å²) in [5, 5.41) is 0. The first kappa shape index (κ1) is 13.5. The Balaban J connectivity index is 3.01. The Bertz CT molecular complexity index is 508. The monoisotopic (exact) mass is 257 g/mol. The summed E-state index contributed by atoms with van der Waals surface area (Å²) in [5.41, 5.74) is 0.201. The van der Waals surface area contributed by atoms with Gasteiger partial charge in [-0.1, -0.05) is 12.1 Å². The fourth-order valence-electron chi connectivity index (χ4n) is 1.23. The second-order valence-corrected chi connectivity index (χ2v) is 5.61. The molecular weight excluding hydrogens is 242 g/mol. The van der Waals surface area contributed by atoms with E-state index in [0.717, 1.165) is 6.26 Å². The van der Waals surface area contributed by atoms with Crippen LogP contribution in [0.3, 0.4) is 0 Å². The summed E-state index contributed by atoms with van der Waals surface area (Å²) in [5.74, 6) is -0.326. The zero-order chi connectivity index (χ0) is 13.1. The molecule has 1 aromatic carbocycles. The van der Waals surface area contributed by atoms with Gasteiger partial charge in [-0.3, -0.25) is 4.79 Å². The van der Waals surface area contributed by atoms with E-state index in [2.05, 4.69) is 0 Å². The third-order valence-electron chi connectivity index (χ3n) is 1.77. The number of hydrogen-bond donors (Lipinski definition) is 1. The van der Waals surface area contributed by atoms with E-state index in [4.69, 9.17) is 4.74 Å². The quantitative estimate of drug-likeness (QED) is 0.878. The third-order valence-corrected chi connectivity index (χ3v) is 2.33. The predicted molar refractivity (Wildman–Crippen MR) is 64.5 cm³/mol. The van der Waals surface area contributed by atoms with Gasteiger partial charge in [0.25, 0.3) is 5.91 Å². The molecule has 0 atom stereocenters. The van der Waals surface area contributed by atoms with E-state index in [9.17, 15) is 13.2 Å². The normalized spacial score (nSPS) is 11.3. The van der Waals surface area contributed by atoms with Crippen molar-refractivity contribution in [3.8, 4) is 5.75 Å². The van der Waals surface area contributed by atoms with Gasteiger partial charge in [0.05, 0.1) is 17.9 Å². The van der Waals surface area contributed by atoms with Crippen LogP contribution in [0, 0.1) is 0 Å². The Hall–Kier alpha value is -1.56. The van der Waals surface area contributed by atoms with Gasteiger partial charge >= 0.3 is 0 Å². The molecule has 0 aliphatic rings. The Morgan fingerprint density at radius 2 is 1.88 bits per heavy atom. The van der Waals surface area contributed by atoms with Crippen LogP contribution in [0.15, 0.2) is 24.3 Å². The van der Waals surface area contributed by atoms with Crippen molar-refractivity contribution in [1.82, 2.24) is 4.72 Å². The van der Waals surface area contributed by atoms with Gasteiger partial charge in [0.1, 0.15) is 5.75 Å². The molecule has 6 heteroatoms. The van der Waals surface area contributed by atoms with Crippen molar-refractivity contribution < 1.29 is 17.9 Å². The van der Waals surface area contributed by atoms with Crippen molar-refractivity contribution in [2.24, 2.45) is 0 Å². The van der Waals surface area contributed by atoms with E-state index in [1.807, 2.05) is 18.6 Å². The second-order valence-electron chi connectivity index (χ2n) is 3.87. The number of para-hydroxylation sites is 1. The molecule has 0 heterocycles.